The van der Waals surface area contributed by atoms with Gasteiger partial charge in [0.1, 0.15) is 7.85 Å². The molecule has 3 heteroatoms. The van der Waals surface area contributed by atoms with Crippen molar-refractivity contribution >= 4 is 7.85 Å². The van der Waals surface area contributed by atoms with E-state index in [0.29, 0.717) is 6.17 Å². The molecule has 0 atom stereocenters. The van der Waals surface area contributed by atoms with Crippen molar-refractivity contribution in [3.8, 4) is 0 Å². The van der Waals surface area contributed by atoms with E-state index in [2.05, 4.69) is 45.3 Å². The first-order valence-corrected chi connectivity index (χ1v) is 13.2. The maximum absolute atomic E-state index is 2.90. The van der Waals surface area contributed by atoms with Gasteiger partial charge in [0.15, 0.2) is 0 Å². The third-order valence-corrected chi connectivity index (χ3v) is 6.10. The summed E-state index contributed by atoms with van der Waals surface area (Å²) in [7, 11) is 2.34. The standard InChI is InChI=1S/C25H55BN2/c1-5-9-15-21-27(22-16-10-6-2)25(19-13-14-20-26)28(23-17-11-7-3)24-18-12-8-4/h25H,5-24,26H2,1-4H3. The van der Waals surface area contributed by atoms with Crippen LogP contribution < -0.4 is 0 Å². The lowest BCUT2D eigenvalue weighted by Crippen LogP contribution is -2.50. The Balaban J connectivity index is 5.16. The highest BCUT2D eigenvalue weighted by Crippen LogP contribution is 2.19. The van der Waals surface area contributed by atoms with Crippen molar-refractivity contribution in [2.24, 2.45) is 0 Å². The van der Waals surface area contributed by atoms with E-state index >= 15 is 0 Å². The molecule has 0 unspecified atom stereocenters. The van der Waals surface area contributed by atoms with Crippen LogP contribution in [0.2, 0.25) is 6.32 Å². The van der Waals surface area contributed by atoms with Gasteiger partial charge in [0.05, 0.1) is 6.17 Å². The fourth-order valence-electron chi connectivity index (χ4n) is 4.25. The highest BCUT2D eigenvalue weighted by Gasteiger charge is 2.24. The summed E-state index contributed by atoms with van der Waals surface area (Å²) in [5.74, 6) is 0. The zero-order valence-corrected chi connectivity index (χ0v) is 20.6. The van der Waals surface area contributed by atoms with Crippen molar-refractivity contribution in [1.82, 2.24) is 9.80 Å². The molecular weight excluding hydrogens is 339 g/mol. The molecule has 0 aliphatic rings. The van der Waals surface area contributed by atoms with Crippen LogP contribution in [0, 0.1) is 0 Å². The minimum atomic E-state index is 0.689. The van der Waals surface area contributed by atoms with Crippen LogP contribution in [0.3, 0.4) is 0 Å². The van der Waals surface area contributed by atoms with E-state index in [1.54, 1.807) is 0 Å². The van der Waals surface area contributed by atoms with Gasteiger partial charge in [-0.05, 0) is 58.3 Å². The molecule has 0 bridgehead atoms. The molecule has 0 amide bonds. The van der Waals surface area contributed by atoms with Gasteiger partial charge in [0.25, 0.3) is 0 Å². The summed E-state index contributed by atoms with van der Waals surface area (Å²) in [6.07, 6.45) is 22.6. The number of rotatable bonds is 22. The van der Waals surface area contributed by atoms with Crippen LogP contribution in [0.5, 0.6) is 0 Å². The molecule has 0 heterocycles. The zero-order valence-electron chi connectivity index (χ0n) is 20.6. The normalized spacial score (nSPS) is 12.0. The van der Waals surface area contributed by atoms with Crippen LogP contribution in [0.25, 0.3) is 0 Å². The van der Waals surface area contributed by atoms with Crippen LogP contribution in [-0.4, -0.2) is 50.0 Å². The molecule has 0 N–H and O–H groups in total. The van der Waals surface area contributed by atoms with Crippen LogP contribution in [0.15, 0.2) is 0 Å². The maximum Gasteiger partial charge on any atom is 0.101 e. The Hall–Kier alpha value is -0.0151. The molecule has 0 saturated carbocycles. The van der Waals surface area contributed by atoms with Crippen LogP contribution in [-0.2, 0) is 0 Å². The Morgan fingerprint density at radius 2 is 0.857 bits per heavy atom. The average Bonchev–Trinajstić information content (AvgIpc) is 2.70. The van der Waals surface area contributed by atoms with Gasteiger partial charge in [-0.25, -0.2) is 0 Å². The molecule has 0 aromatic heterocycles. The van der Waals surface area contributed by atoms with Crippen molar-refractivity contribution in [3.63, 3.8) is 0 Å². The third kappa shape index (κ3) is 14.9. The second kappa shape index (κ2) is 21.7. The molecule has 2 nitrogen and oxygen atoms in total. The van der Waals surface area contributed by atoms with Crippen molar-refractivity contribution in [2.75, 3.05) is 26.2 Å². The van der Waals surface area contributed by atoms with E-state index in [4.69, 9.17) is 0 Å². The smallest absolute Gasteiger partial charge is 0.101 e. The highest BCUT2D eigenvalue weighted by molar-refractivity contribution is 6.08. The lowest BCUT2D eigenvalue weighted by atomic mass is 9.98. The van der Waals surface area contributed by atoms with E-state index in [-0.39, 0.29) is 0 Å². The van der Waals surface area contributed by atoms with E-state index < -0.39 is 0 Å². The predicted molar refractivity (Wildman–Crippen MR) is 132 cm³/mol. The fourth-order valence-corrected chi connectivity index (χ4v) is 4.25. The third-order valence-electron chi connectivity index (χ3n) is 6.10. The minimum absolute atomic E-state index is 0.689. The quantitative estimate of drug-likeness (QED) is 0.112. The van der Waals surface area contributed by atoms with Crippen molar-refractivity contribution in [1.29, 1.82) is 0 Å². The summed E-state index contributed by atoms with van der Waals surface area (Å²) in [5.41, 5.74) is 0. The molecule has 0 aliphatic carbocycles. The number of hydrogen-bond donors (Lipinski definition) is 0. The molecule has 168 valence electrons. The second-order valence-electron chi connectivity index (χ2n) is 8.88. The fraction of sp³-hybridized carbons (Fsp3) is 1.00. The first kappa shape index (κ1) is 28.0. The molecule has 0 radical (unpaired) electrons. The highest BCUT2D eigenvalue weighted by atomic mass is 15.3. The van der Waals surface area contributed by atoms with Gasteiger partial charge in [-0.3, -0.25) is 9.80 Å². The Morgan fingerprint density at radius 3 is 1.14 bits per heavy atom. The van der Waals surface area contributed by atoms with Gasteiger partial charge in [-0.15, -0.1) is 0 Å². The van der Waals surface area contributed by atoms with Crippen molar-refractivity contribution < 1.29 is 0 Å². The summed E-state index contributed by atoms with van der Waals surface area (Å²) >= 11 is 0. The van der Waals surface area contributed by atoms with Gasteiger partial charge in [-0.1, -0.05) is 98.2 Å². The van der Waals surface area contributed by atoms with Gasteiger partial charge in [-0.2, -0.15) is 0 Å². The van der Waals surface area contributed by atoms with Crippen LogP contribution in [0.1, 0.15) is 124 Å². The van der Waals surface area contributed by atoms with Gasteiger partial charge in [0.2, 0.25) is 0 Å². The summed E-state index contributed by atoms with van der Waals surface area (Å²) in [5, 5.41) is 0. The average molecular weight is 395 g/mol. The number of nitrogens with zero attached hydrogens (tertiary/aromatic N) is 2. The van der Waals surface area contributed by atoms with Crippen molar-refractivity contribution in [2.45, 2.75) is 136 Å². The first-order valence-electron chi connectivity index (χ1n) is 13.2. The van der Waals surface area contributed by atoms with Gasteiger partial charge >= 0.3 is 0 Å². The molecule has 0 aliphatic heterocycles. The van der Waals surface area contributed by atoms with E-state index in [1.807, 2.05) is 0 Å². The van der Waals surface area contributed by atoms with E-state index in [1.165, 1.54) is 129 Å². The summed E-state index contributed by atoms with van der Waals surface area (Å²) in [4.78, 5) is 5.80. The Bertz CT molecular complexity index is 254. The van der Waals surface area contributed by atoms with E-state index in [0.717, 1.165) is 0 Å². The number of hydrogen-bond acceptors (Lipinski definition) is 2. The molecule has 0 spiro atoms. The Morgan fingerprint density at radius 1 is 0.500 bits per heavy atom. The van der Waals surface area contributed by atoms with E-state index in [9.17, 15) is 0 Å². The predicted octanol–water partition coefficient (Wildman–Crippen LogP) is 6.90. The second-order valence-corrected chi connectivity index (χ2v) is 8.88. The Labute approximate surface area is 180 Å². The maximum atomic E-state index is 2.90. The number of unbranched alkanes of at least 4 members (excludes halogenated alkanes) is 9. The van der Waals surface area contributed by atoms with Gasteiger partial charge < -0.3 is 0 Å². The molecule has 28 heavy (non-hydrogen) atoms. The lowest BCUT2D eigenvalue weighted by molar-refractivity contribution is 0.0286. The summed E-state index contributed by atoms with van der Waals surface area (Å²) < 4.78 is 0. The SMILES string of the molecule is BCCCCC(N(CCCCC)CCCCC)N(CCCCC)CCCCC. The monoisotopic (exact) mass is 394 g/mol. The zero-order chi connectivity index (χ0) is 20.9. The summed E-state index contributed by atoms with van der Waals surface area (Å²) in [6.45, 7) is 14.6. The van der Waals surface area contributed by atoms with Crippen LogP contribution in [0.4, 0.5) is 0 Å². The molecule has 0 saturated heterocycles. The molecule has 0 aromatic carbocycles. The molecular formula is C25H55BN2. The van der Waals surface area contributed by atoms with Gasteiger partial charge in [0, 0.05) is 0 Å². The molecule has 0 rings (SSSR count). The van der Waals surface area contributed by atoms with Crippen molar-refractivity contribution in [3.05, 3.63) is 0 Å². The minimum Gasteiger partial charge on any atom is -0.288 e. The first-order chi connectivity index (χ1) is 13.7. The van der Waals surface area contributed by atoms with Crippen LogP contribution >= 0.6 is 0 Å². The topological polar surface area (TPSA) is 6.48 Å². The lowest BCUT2D eigenvalue weighted by Gasteiger charge is -2.40. The molecule has 0 fully saturated rings. The summed E-state index contributed by atoms with van der Waals surface area (Å²) in [6, 6.07) is 0. The Kier molecular flexibility index (Phi) is 21.7. The largest absolute Gasteiger partial charge is 0.288 e. The molecule has 0 aromatic rings.